The Morgan fingerprint density at radius 1 is 1.25 bits per heavy atom. The molecule has 0 saturated heterocycles. The number of guanidine groups is 1. The van der Waals surface area contributed by atoms with Crippen LogP contribution >= 0.6 is 24.0 Å². The highest BCUT2D eigenvalue weighted by molar-refractivity contribution is 14.0. The van der Waals surface area contributed by atoms with Gasteiger partial charge in [0.15, 0.2) is 5.96 Å². The van der Waals surface area contributed by atoms with Gasteiger partial charge in [-0.15, -0.1) is 24.0 Å². The summed E-state index contributed by atoms with van der Waals surface area (Å²) in [5.41, 5.74) is 2.14. The van der Waals surface area contributed by atoms with Crippen LogP contribution in [0.4, 0.5) is 0 Å². The zero-order valence-corrected chi connectivity index (χ0v) is 17.3. The summed E-state index contributed by atoms with van der Waals surface area (Å²) in [5.74, 6) is 2.66. The van der Waals surface area contributed by atoms with Crippen molar-refractivity contribution in [3.05, 3.63) is 30.1 Å². The lowest BCUT2D eigenvalue weighted by atomic mass is 10.1. The second-order valence-electron chi connectivity index (χ2n) is 6.17. The number of imidazole rings is 1. The molecule has 0 bridgehead atoms. The van der Waals surface area contributed by atoms with Gasteiger partial charge >= 0.3 is 0 Å². The molecular weight excluding hydrogens is 413 g/mol. The maximum Gasteiger partial charge on any atom is 0.191 e. The first-order chi connectivity index (χ1) is 11.2. The topological polar surface area (TPSA) is 65.1 Å². The van der Waals surface area contributed by atoms with E-state index in [1.807, 2.05) is 18.2 Å². The minimum Gasteiger partial charge on any atom is -0.357 e. The van der Waals surface area contributed by atoms with Gasteiger partial charge in [-0.3, -0.25) is 4.99 Å². The molecule has 0 saturated carbocycles. The molecule has 3 N–H and O–H groups in total. The second kappa shape index (κ2) is 11.3. The van der Waals surface area contributed by atoms with Crippen molar-refractivity contribution in [2.75, 3.05) is 19.6 Å². The Hall–Kier alpha value is -1.31. The van der Waals surface area contributed by atoms with Gasteiger partial charge in [0, 0.05) is 26.1 Å². The van der Waals surface area contributed by atoms with Crippen molar-refractivity contribution in [2.24, 2.45) is 10.9 Å². The SMILES string of the molecule is CCNC(=NCCCc1nc2ccccc2[nH]1)NCCC(C)C.I. The summed E-state index contributed by atoms with van der Waals surface area (Å²) in [5, 5.41) is 6.68. The Labute approximate surface area is 162 Å². The van der Waals surface area contributed by atoms with Crippen LogP contribution in [0.2, 0.25) is 0 Å². The van der Waals surface area contributed by atoms with E-state index in [1.54, 1.807) is 0 Å². The van der Waals surface area contributed by atoms with E-state index in [9.17, 15) is 0 Å². The molecule has 24 heavy (non-hydrogen) atoms. The molecule has 0 spiro atoms. The smallest absolute Gasteiger partial charge is 0.191 e. The lowest BCUT2D eigenvalue weighted by molar-refractivity contribution is 0.573. The number of nitrogens with one attached hydrogen (secondary N) is 3. The van der Waals surface area contributed by atoms with Gasteiger partial charge in [-0.05, 0) is 37.8 Å². The van der Waals surface area contributed by atoms with Gasteiger partial charge in [0.1, 0.15) is 5.82 Å². The van der Waals surface area contributed by atoms with E-state index in [-0.39, 0.29) is 24.0 Å². The highest BCUT2D eigenvalue weighted by atomic mass is 127. The number of fused-ring (bicyclic) bond motifs is 1. The maximum absolute atomic E-state index is 4.63. The highest BCUT2D eigenvalue weighted by Gasteiger charge is 2.02. The van der Waals surface area contributed by atoms with Crippen molar-refractivity contribution in [1.82, 2.24) is 20.6 Å². The van der Waals surface area contributed by atoms with E-state index < -0.39 is 0 Å². The van der Waals surface area contributed by atoms with E-state index in [4.69, 9.17) is 0 Å². The average molecular weight is 443 g/mol. The number of benzene rings is 1. The number of rotatable bonds is 8. The Kier molecular flexibility index (Phi) is 9.75. The molecular formula is C18H30IN5. The Morgan fingerprint density at radius 3 is 2.75 bits per heavy atom. The van der Waals surface area contributed by atoms with Crippen LogP contribution < -0.4 is 10.6 Å². The Balaban J connectivity index is 0.00000288. The molecule has 0 fully saturated rings. The van der Waals surface area contributed by atoms with E-state index in [2.05, 4.69) is 52.4 Å². The lowest BCUT2D eigenvalue weighted by Gasteiger charge is -2.12. The van der Waals surface area contributed by atoms with E-state index in [0.717, 1.165) is 61.7 Å². The van der Waals surface area contributed by atoms with Crippen molar-refractivity contribution in [3.63, 3.8) is 0 Å². The zero-order chi connectivity index (χ0) is 16.5. The van der Waals surface area contributed by atoms with Gasteiger partial charge in [0.2, 0.25) is 0 Å². The number of hydrogen-bond acceptors (Lipinski definition) is 2. The number of aromatic nitrogens is 2. The quantitative estimate of drug-likeness (QED) is 0.252. The molecule has 6 heteroatoms. The zero-order valence-electron chi connectivity index (χ0n) is 14.9. The van der Waals surface area contributed by atoms with Crippen molar-refractivity contribution >= 4 is 41.0 Å². The molecule has 0 atom stereocenters. The normalized spacial score (nSPS) is 11.6. The minimum atomic E-state index is 0. The van der Waals surface area contributed by atoms with Gasteiger partial charge in [-0.1, -0.05) is 26.0 Å². The molecule has 0 aliphatic carbocycles. The molecule has 0 aliphatic heterocycles. The Morgan fingerprint density at radius 2 is 2.04 bits per heavy atom. The standard InChI is InChI=1S/C18H29N5.HI/c1-4-19-18(21-13-11-14(2)3)20-12-7-10-17-22-15-8-5-6-9-16(15)23-17;/h5-6,8-9,14H,4,7,10-13H2,1-3H3,(H,22,23)(H2,19,20,21);1H. The average Bonchev–Trinajstić information content (AvgIpc) is 2.93. The van der Waals surface area contributed by atoms with Crippen LogP contribution in [0.15, 0.2) is 29.3 Å². The van der Waals surface area contributed by atoms with Crippen molar-refractivity contribution in [1.29, 1.82) is 0 Å². The molecule has 2 rings (SSSR count). The number of aromatic amines is 1. The molecule has 1 heterocycles. The van der Waals surface area contributed by atoms with Crippen LogP contribution in [-0.2, 0) is 6.42 Å². The highest BCUT2D eigenvalue weighted by Crippen LogP contribution is 2.11. The fraction of sp³-hybridized carbons (Fsp3) is 0.556. The predicted octanol–water partition coefficient (Wildman–Crippen LogP) is 3.71. The molecule has 0 amide bonds. The van der Waals surface area contributed by atoms with Gasteiger partial charge < -0.3 is 15.6 Å². The Bertz CT molecular complexity index is 588. The van der Waals surface area contributed by atoms with Crippen LogP contribution in [-0.4, -0.2) is 35.6 Å². The molecule has 2 aromatic rings. The van der Waals surface area contributed by atoms with Crippen LogP contribution in [0.3, 0.4) is 0 Å². The van der Waals surface area contributed by atoms with Crippen LogP contribution in [0.25, 0.3) is 11.0 Å². The summed E-state index contributed by atoms with van der Waals surface area (Å²) >= 11 is 0. The molecule has 0 radical (unpaired) electrons. The number of nitrogens with zero attached hydrogens (tertiary/aromatic N) is 2. The van der Waals surface area contributed by atoms with Crippen LogP contribution in [0.5, 0.6) is 0 Å². The molecule has 0 aliphatic rings. The monoisotopic (exact) mass is 443 g/mol. The van der Waals surface area contributed by atoms with Gasteiger partial charge in [-0.2, -0.15) is 0 Å². The first kappa shape index (κ1) is 20.7. The first-order valence-electron chi connectivity index (χ1n) is 8.65. The summed E-state index contributed by atoms with van der Waals surface area (Å²) in [6.45, 7) is 9.21. The van der Waals surface area contributed by atoms with E-state index >= 15 is 0 Å². The maximum atomic E-state index is 4.63. The number of aliphatic imine (C=N–C) groups is 1. The van der Waals surface area contributed by atoms with Crippen molar-refractivity contribution < 1.29 is 0 Å². The second-order valence-corrected chi connectivity index (χ2v) is 6.17. The van der Waals surface area contributed by atoms with Gasteiger partial charge in [-0.25, -0.2) is 4.98 Å². The molecule has 0 unspecified atom stereocenters. The number of halogens is 1. The van der Waals surface area contributed by atoms with Gasteiger partial charge in [0.05, 0.1) is 11.0 Å². The number of hydrogen-bond donors (Lipinski definition) is 3. The summed E-state index contributed by atoms with van der Waals surface area (Å²) in [4.78, 5) is 12.6. The van der Waals surface area contributed by atoms with Crippen LogP contribution in [0, 0.1) is 5.92 Å². The number of aryl methyl sites for hydroxylation is 1. The number of H-pyrrole nitrogens is 1. The molecule has 5 nitrogen and oxygen atoms in total. The summed E-state index contributed by atoms with van der Waals surface area (Å²) in [7, 11) is 0. The van der Waals surface area contributed by atoms with Crippen molar-refractivity contribution in [3.8, 4) is 0 Å². The summed E-state index contributed by atoms with van der Waals surface area (Å²) in [6, 6.07) is 8.14. The largest absolute Gasteiger partial charge is 0.357 e. The molecule has 1 aromatic heterocycles. The third-order valence-electron chi connectivity index (χ3n) is 3.64. The fourth-order valence-electron chi connectivity index (χ4n) is 2.38. The first-order valence-corrected chi connectivity index (χ1v) is 8.65. The summed E-state index contributed by atoms with van der Waals surface area (Å²) in [6.07, 6.45) is 3.06. The minimum absolute atomic E-state index is 0. The summed E-state index contributed by atoms with van der Waals surface area (Å²) < 4.78 is 0. The fourth-order valence-corrected chi connectivity index (χ4v) is 2.38. The lowest BCUT2D eigenvalue weighted by Crippen LogP contribution is -2.38. The van der Waals surface area contributed by atoms with E-state index in [0.29, 0.717) is 5.92 Å². The predicted molar refractivity (Wildman–Crippen MR) is 113 cm³/mol. The van der Waals surface area contributed by atoms with Crippen LogP contribution in [0.1, 0.15) is 39.4 Å². The van der Waals surface area contributed by atoms with E-state index in [1.165, 1.54) is 0 Å². The molecule has 1 aromatic carbocycles. The third-order valence-corrected chi connectivity index (χ3v) is 3.64. The van der Waals surface area contributed by atoms with Crippen molar-refractivity contribution in [2.45, 2.75) is 40.0 Å². The molecule has 134 valence electrons. The number of para-hydroxylation sites is 2. The third kappa shape index (κ3) is 7.07. The van der Waals surface area contributed by atoms with Gasteiger partial charge in [0.25, 0.3) is 0 Å².